The van der Waals surface area contributed by atoms with E-state index in [0.717, 1.165) is 22.5 Å². The van der Waals surface area contributed by atoms with E-state index in [0.29, 0.717) is 12.1 Å². The van der Waals surface area contributed by atoms with E-state index >= 15 is 0 Å². The molecule has 5 heteroatoms. The summed E-state index contributed by atoms with van der Waals surface area (Å²) in [7, 11) is 1.59. The van der Waals surface area contributed by atoms with Crippen molar-refractivity contribution in [2.45, 2.75) is 6.54 Å². The molecule has 0 radical (unpaired) electrons. The highest BCUT2D eigenvalue weighted by molar-refractivity contribution is 5.94. The molecule has 0 saturated carbocycles. The van der Waals surface area contributed by atoms with Crippen LogP contribution in [0, 0.1) is 0 Å². The van der Waals surface area contributed by atoms with E-state index in [9.17, 15) is 4.79 Å². The number of benzene rings is 2. The first-order chi connectivity index (χ1) is 10.8. The molecular weight excluding hydrogens is 278 g/mol. The van der Waals surface area contributed by atoms with Gasteiger partial charge in [0.2, 0.25) is 0 Å². The fourth-order valence-corrected chi connectivity index (χ4v) is 2.10. The van der Waals surface area contributed by atoms with Gasteiger partial charge in [-0.1, -0.05) is 12.1 Å². The minimum Gasteiger partial charge on any atom is -0.497 e. The number of hydrogen-bond acceptors (Lipinski definition) is 4. The Morgan fingerprint density at radius 2 is 1.82 bits per heavy atom. The van der Waals surface area contributed by atoms with Crippen LogP contribution < -0.4 is 10.1 Å². The van der Waals surface area contributed by atoms with E-state index < -0.39 is 0 Å². The number of aromatic nitrogens is 2. The van der Waals surface area contributed by atoms with Gasteiger partial charge in [0, 0.05) is 5.56 Å². The number of para-hydroxylation sites is 2. The number of methoxy groups -OCH3 is 1. The zero-order valence-electron chi connectivity index (χ0n) is 12.1. The number of fused-ring (bicyclic) bond motifs is 1. The van der Waals surface area contributed by atoms with Crippen molar-refractivity contribution in [3.63, 3.8) is 0 Å². The van der Waals surface area contributed by atoms with Gasteiger partial charge < -0.3 is 10.1 Å². The second-order valence-corrected chi connectivity index (χ2v) is 4.76. The highest BCUT2D eigenvalue weighted by Crippen LogP contribution is 2.12. The van der Waals surface area contributed by atoms with E-state index in [-0.39, 0.29) is 5.91 Å². The Morgan fingerprint density at radius 3 is 2.55 bits per heavy atom. The summed E-state index contributed by atoms with van der Waals surface area (Å²) in [5.74, 6) is 0.564. The minimum atomic E-state index is -0.155. The molecule has 1 heterocycles. The SMILES string of the molecule is COc1ccc(C(=O)NCc2cnc3ccccc3n2)cc1. The number of nitrogens with zero attached hydrogens (tertiary/aromatic N) is 2. The standard InChI is InChI=1S/C17H15N3O2/c1-22-14-8-6-12(7-9-14)17(21)19-11-13-10-18-15-4-2-3-5-16(15)20-13/h2-10H,11H2,1H3,(H,19,21). The van der Waals surface area contributed by atoms with Crippen LogP contribution in [0.25, 0.3) is 11.0 Å². The molecule has 1 aromatic heterocycles. The van der Waals surface area contributed by atoms with Gasteiger partial charge in [-0.25, -0.2) is 4.98 Å². The normalized spacial score (nSPS) is 10.4. The van der Waals surface area contributed by atoms with Crippen LogP contribution in [-0.2, 0) is 6.54 Å². The Morgan fingerprint density at radius 1 is 1.09 bits per heavy atom. The lowest BCUT2D eigenvalue weighted by molar-refractivity contribution is 0.0950. The molecule has 3 aromatic rings. The van der Waals surface area contributed by atoms with E-state index in [2.05, 4.69) is 15.3 Å². The van der Waals surface area contributed by atoms with Gasteiger partial charge in [0.25, 0.3) is 5.91 Å². The summed E-state index contributed by atoms with van der Waals surface area (Å²) in [5, 5.41) is 2.84. The van der Waals surface area contributed by atoms with Crippen LogP contribution >= 0.6 is 0 Å². The molecule has 0 aliphatic carbocycles. The van der Waals surface area contributed by atoms with Gasteiger partial charge in [-0.05, 0) is 36.4 Å². The zero-order valence-corrected chi connectivity index (χ0v) is 12.1. The topological polar surface area (TPSA) is 64.1 Å². The Hall–Kier alpha value is -2.95. The van der Waals surface area contributed by atoms with E-state index in [1.54, 1.807) is 37.6 Å². The number of ether oxygens (including phenoxy) is 1. The van der Waals surface area contributed by atoms with Gasteiger partial charge >= 0.3 is 0 Å². The quantitative estimate of drug-likeness (QED) is 0.803. The molecule has 2 aromatic carbocycles. The summed E-state index contributed by atoms with van der Waals surface area (Å²) in [6, 6.07) is 14.6. The molecule has 1 amide bonds. The fraction of sp³-hybridized carbons (Fsp3) is 0.118. The number of carbonyl (C=O) groups excluding carboxylic acids is 1. The first-order valence-corrected chi connectivity index (χ1v) is 6.89. The lowest BCUT2D eigenvalue weighted by atomic mass is 10.2. The first kappa shape index (κ1) is 14.0. The molecule has 22 heavy (non-hydrogen) atoms. The van der Waals surface area contributed by atoms with Crippen LogP contribution in [-0.4, -0.2) is 23.0 Å². The van der Waals surface area contributed by atoms with Gasteiger partial charge in [0.1, 0.15) is 5.75 Å². The zero-order chi connectivity index (χ0) is 15.4. The molecular formula is C17H15N3O2. The van der Waals surface area contributed by atoms with Crippen LogP contribution in [0.5, 0.6) is 5.75 Å². The highest BCUT2D eigenvalue weighted by atomic mass is 16.5. The maximum atomic E-state index is 12.1. The monoisotopic (exact) mass is 293 g/mol. The molecule has 0 spiro atoms. The van der Waals surface area contributed by atoms with Crippen LogP contribution in [0.1, 0.15) is 16.1 Å². The molecule has 0 atom stereocenters. The third-order valence-electron chi connectivity index (χ3n) is 3.28. The maximum absolute atomic E-state index is 12.1. The summed E-state index contributed by atoms with van der Waals surface area (Å²) in [6.45, 7) is 0.336. The Labute approximate surface area is 128 Å². The number of carbonyl (C=O) groups is 1. The van der Waals surface area contributed by atoms with Crippen molar-refractivity contribution in [1.82, 2.24) is 15.3 Å². The predicted molar refractivity (Wildman–Crippen MR) is 83.7 cm³/mol. The van der Waals surface area contributed by atoms with Gasteiger partial charge in [0.15, 0.2) is 0 Å². The Balaban J connectivity index is 1.68. The Kier molecular flexibility index (Phi) is 3.96. The molecule has 0 saturated heterocycles. The molecule has 0 fully saturated rings. The lowest BCUT2D eigenvalue weighted by Crippen LogP contribution is -2.23. The maximum Gasteiger partial charge on any atom is 0.251 e. The van der Waals surface area contributed by atoms with E-state index in [4.69, 9.17) is 4.74 Å². The molecule has 0 unspecified atom stereocenters. The van der Waals surface area contributed by atoms with Gasteiger partial charge in [-0.2, -0.15) is 0 Å². The number of amides is 1. The van der Waals surface area contributed by atoms with Crippen LogP contribution in [0.4, 0.5) is 0 Å². The van der Waals surface area contributed by atoms with Crippen molar-refractivity contribution < 1.29 is 9.53 Å². The molecule has 110 valence electrons. The lowest BCUT2D eigenvalue weighted by Gasteiger charge is -2.06. The number of hydrogen-bond donors (Lipinski definition) is 1. The largest absolute Gasteiger partial charge is 0.497 e. The van der Waals surface area contributed by atoms with Crippen molar-refractivity contribution in [3.8, 4) is 5.75 Å². The molecule has 0 aliphatic heterocycles. The van der Waals surface area contributed by atoms with Crippen molar-refractivity contribution in [3.05, 3.63) is 66.0 Å². The third kappa shape index (κ3) is 3.03. The molecule has 3 rings (SSSR count). The number of rotatable bonds is 4. The third-order valence-corrected chi connectivity index (χ3v) is 3.28. The summed E-state index contributed by atoms with van der Waals surface area (Å²) >= 11 is 0. The average Bonchev–Trinajstić information content (AvgIpc) is 2.59. The second-order valence-electron chi connectivity index (χ2n) is 4.76. The van der Waals surface area contributed by atoms with Crippen molar-refractivity contribution in [2.24, 2.45) is 0 Å². The summed E-state index contributed by atoms with van der Waals surface area (Å²) in [6.07, 6.45) is 1.68. The van der Waals surface area contributed by atoms with Crippen LogP contribution in [0.15, 0.2) is 54.7 Å². The molecule has 1 N–H and O–H groups in total. The van der Waals surface area contributed by atoms with Gasteiger partial charge in [-0.3, -0.25) is 9.78 Å². The van der Waals surface area contributed by atoms with E-state index in [1.165, 1.54) is 0 Å². The van der Waals surface area contributed by atoms with Crippen molar-refractivity contribution >= 4 is 16.9 Å². The Bertz CT molecular complexity index is 800. The first-order valence-electron chi connectivity index (χ1n) is 6.89. The molecule has 0 bridgehead atoms. The molecule has 0 aliphatic rings. The summed E-state index contributed by atoms with van der Waals surface area (Å²) in [4.78, 5) is 20.9. The van der Waals surface area contributed by atoms with E-state index in [1.807, 2.05) is 24.3 Å². The number of nitrogens with one attached hydrogen (secondary N) is 1. The highest BCUT2D eigenvalue weighted by Gasteiger charge is 2.06. The van der Waals surface area contributed by atoms with Crippen LogP contribution in [0.3, 0.4) is 0 Å². The molecule has 5 nitrogen and oxygen atoms in total. The van der Waals surface area contributed by atoms with Crippen molar-refractivity contribution in [2.75, 3.05) is 7.11 Å². The van der Waals surface area contributed by atoms with Gasteiger partial charge in [-0.15, -0.1) is 0 Å². The minimum absolute atomic E-state index is 0.155. The van der Waals surface area contributed by atoms with Gasteiger partial charge in [0.05, 0.1) is 36.6 Å². The summed E-state index contributed by atoms with van der Waals surface area (Å²) < 4.78 is 5.07. The second kappa shape index (κ2) is 6.22. The predicted octanol–water partition coefficient (Wildman–Crippen LogP) is 2.57. The average molecular weight is 293 g/mol. The van der Waals surface area contributed by atoms with Crippen LogP contribution in [0.2, 0.25) is 0 Å². The smallest absolute Gasteiger partial charge is 0.251 e. The van der Waals surface area contributed by atoms with Crippen molar-refractivity contribution in [1.29, 1.82) is 0 Å². The summed E-state index contributed by atoms with van der Waals surface area (Å²) in [5.41, 5.74) is 2.96. The fourth-order valence-electron chi connectivity index (χ4n) is 2.10.